The van der Waals surface area contributed by atoms with E-state index in [-0.39, 0.29) is 11.9 Å². The Hall–Kier alpha value is -2.10. The molecule has 1 aromatic heterocycles. The number of fused-ring (bicyclic) bond motifs is 1. The summed E-state index contributed by atoms with van der Waals surface area (Å²) in [6, 6.07) is 9.97. The molecule has 1 aliphatic rings. The molecule has 0 aliphatic carbocycles. The molecule has 2 aromatic rings. The predicted molar refractivity (Wildman–Crippen MR) is 85.1 cm³/mol. The molecule has 3 rings (SSSR count). The first-order chi connectivity index (χ1) is 10.1. The number of nitrogen functional groups attached to an aromatic ring is 1. The number of rotatable bonds is 2. The number of nitrogens with zero attached hydrogens (tertiary/aromatic N) is 2. The van der Waals surface area contributed by atoms with Gasteiger partial charge in [-0.25, -0.2) is 4.98 Å². The minimum Gasteiger partial charge on any atom is -0.398 e. The van der Waals surface area contributed by atoms with Crippen molar-refractivity contribution >= 4 is 22.5 Å². The van der Waals surface area contributed by atoms with Crippen LogP contribution < -0.4 is 5.73 Å². The van der Waals surface area contributed by atoms with Crippen LogP contribution in [0.15, 0.2) is 30.3 Å². The zero-order valence-corrected chi connectivity index (χ0v) is 12.5. The number of aromatic nitrogens is 1. The Morgan fingerprint density at radius 3 is 2.90 bits per heavy atom. The van der Waals surface area contributed by atoms with E-state index in [1.54, 1.807) is 6.07 Å². The summed E-state index contributed by atoms with van der Waals surface area (Å²) in [5.41, 5.74) is 7.93. The van der Waals surface area contributed by atoms with Crippen molar-refractivity contribution in [1.29, 1.82) is 0 Å². The summed E-state index contributed by atoms with van der Waals surface area (Å²) in [6.07, 6.45) is 3.12. The van der Waals surface area contributed by atoms with Crippen LogP contribution in [0.1, 0.15) is 43.6 Å². The second-order valence-corrected chi connectivity index (χ2v) is 5.81. The first kappa shape index (κ1) is 13.9. The smallest absolute Gasteiger partial charge is 0.273 e. The standard InChI is InChI=1S/C17H21N3O/c1-3-12-9-8-11(2)20(12)17(21)16-10-14(18)13-6-4-5-7-15(13)19-16/h4-7,10-12H,3,8-9H2,1-2H3,(H2,18,19). The maximum Gasteiger partial charge on any atom is 0.273 e. The van der Waals surface area contributed by atoms with Gasteiger partial charge in [-0.05, 0) is 38.3 Å². The number of hydrogen-bond donors (Lipinski definition) is 1. The molecule has 21 heavy (non-hydrogen) atoms. The van der Waals surface area contributed by atoms with E-state index in [1.807, 2.05) is 29.2 Å². The summed E-state index contributed by atoms with van der Waals surface area (Å²) in [5, 5.41) is 0.899. The zero-order chi connectivity index (χ0) is 15.0. The molecule has 2 N–H and O–H groups in total. The number of carbonyl (C=O) groups excluding carboxylic acids is 1. The van der Waals surface area contributed by atoms with Crippen LogP contribution in [-0.4, -0.2) is 27.9 Å². The second-order valence-electron chi connectivity index (χ2n) is 5.81. The van der Waals surface area contributed by atoms with Gasteiger partial charge in [-0.2, -0.15) is 0 Å². The fourth-order valence-corrected chi connectivity index (χ4v) is 3.28. The Morgan fingerprint density at radius 2 is 2.14 bits per heavy atom. The van der Waals surface area contributed by atoms with Gasteiger partial charge in [-0.3, -0.25) is 4.79 Å². The summed E-state index contributed by atoms with van der Waals surface area (Å²) < 4.78 is 0. The number of para-hydroxylation sites is 1. The van der Waals surface area contributed by atoms with Gasteiger partial charge in [0, 0.05) is 23.2 Å². The molecule has 0 radical (unpaired) electrons. The van der Waals surface area contributed by atoms with Gasteiger partial charge in [-0.15, -0.1) is 0 Å². The van der Waals surface area contributed by atoms with Gasteiger partial charge < -0.3 is 10.6 Å². The van der Waals surface area contributed by atoms with E-state index < -0.39 is 0 Å². The maximum absolute atomic E-state index is 12.8. The average molecular weight is 283 g/mol. The number of hydrogen-bond acceptors (Lipinski definition) is 3. The maximum atomic E-state index is 12.8. The van der Waals surface area contributed by atoms with E-state index in [9.17, 15) is 4.79 Å². The summed E-state index contributed by atoms with van der Waals surface area (Å²) in [7, 11) is 0. The molecule has 110 valence electrons. The van der Waals surface area contributed by atoms with Gasteiger partial charge in [0.2, 0.25) is 0 Å². The van der Waals surface area contributed by atoms with Crippen molar-refractivity contribution in [1.82, 2.24) is 9.88 Å². The molecule has 1 saturated heterocycles. The van der Waals surface area contributed by atoms with Crippen LogP contribution in [0, 0.1) is 0 Å². The van der Waals surface area contributed by atoms with E-state index >= 15 is 0 Å². The zero-order valence-electron chi connectivity index (χ0n) is 12.5. The molecule has 2 unspecified atom stereocenters. The third-order valence-electron chi connectivity index (χ3n) is 4.46. The summed E-state index contributed by atoms with van der Waals surface area (Å²) in [6.45, 7) is 4.24. The van der Waals surface area contributed by atoms with Crippen LogP contribution >= 0.6 is 0 Å². The van der Waals surface area contributed by atoms with Crippen LogP contribution in [-0.2, 0) is 0 Å². The van der Waals surface area contributed by atoms with E-state index in [4.69, 9.17) is 5.73 Å². The van der Waals surface area contributed by atoms with Crippen molar-refractivity contribution < 1.29 is 4.79 Å². The highest BCUT2D eigenvalue weighted by atomic mass is 16.2. The van der Waals surface area contributed by atoms with Crippen LogP contribution in [0.4, 0.5) is 5.69 Å². The molecule has 0 bridgehead atoms. The lowest BCUT2D eigenvalue weighted by molar-refractivity contribution is 0.0671. The third-order valence-corrected chi connectivity index (χ3v) is 4.46. The Balaban J connectivity index is 2.01. The molecule has 2 atom stereocenters. The first-order valence-corrected chi connectivity index (χ1v) is 7.59. The molecule has 0 spiro atoms. The Labute approximate surface area is 125 Å². The Bertz CT molecular complexity index is 683. The van der Waals surface area contributed by atoms with Crippen LogP contribution in [0.3, 0.4) is 0 Å². The average Bonchev–Trinajstić information content (AvgIpc) is 2.87. The molecule has 1 fully saturated rings. The van der Waals surface area contributed by atoms with E-state index in [2.05, 4.69) is 18.8 Å². The number of anilines is 1. The van der Waals surface area contributed by atoms with Gasteiger partial charge in [0.15, 0.2) is 0 Å². The number of pyridine rings is 1. The quantitative estimate of drug-likeness (QED) is 0.920. The SMILES string of the molecule is CCC1CCC(C)N1C(=O)c1cc(N)c2ccccc2n1. The number of carbonyl (C=O) groups is 1. The highest BCUT2D eigenvalue weighted by Crippen LogP contribution is 2.29. The van der Waals surface area contributed by atoms with Gasteiger partial charge in [0.1, 0.15) is 5.69 Å². The second kappa shape index (κ2) is 5.35. The van der Waals surface area contributed by atoms with Crippen LogP contribution in [0.2, 0.25) is 0 Å². The number of likely N-dealkylation sites (tertiary alicyclic amines) is 1. The third kappa shape index (κ3) is 2.35. The van der Waals surface area contributed by atoms with Crippen LogP contribution in [0.25, 0.3) is 10.9 Å². The predicted octanol–water partition coefficient (Wildman–Crippen LogP) is 3.22. The topological polar surface area (TPSA) is 59.2 Å². The fraction of sp³-hybridized carbons (Fsp3) is 0.412. The van der Waals surface area contributed by atoms with E-state index in [1.165, 1.54) is 0 Å². The number of amides is 1. The highest BCUT2D eigenvalue weighted by Gasteiger charge is 2.34. The molecule has 2 heterocycles. The van der Waals surface area contributed by atoms with Gasteiger partial charge in [0.05, 0.1) is 5.52 Å². The molecule has 4 heteroatoms. The van der Waals surface area contributed by atoms with Crippen molar-refractivity contribution in [3.63, 3.8) is 0 Å². The number of benzene rings is 1. The van der Waals surface area contributed by atoms with E-state index in [0.29, 0.717) is 17.4 Å². The minimum atomic E-state index is 0.00398. The minimum absolute atomic E-state index is 0.00398. The largest absolute Gasteiger partial charge is 0.398 e. The lowest BCUT2D eigenvalue weighted by atomic mass is 10.1. The molecular formula is C17H21N3O. The van der Waals surface area contributed by atoms with Crippen molar-refractivity contribution in [2.75, 3.05) is 5.73 Å². The molecule has 1 amide bonds. The molecule has 1 aromatic carbocycles. The molecule has 1 aliphatic heterocycles. The van der Waals surface area contributed by atoms with Crippen LogP contribution in [0.5, 0.6) is 0 Å². The number of nitrogens with two attached hydrogens (primary N) is 1. The van der Waals surface area contributed by atoms with Gasteiger partial charge in [-0.1, -0.05) is 25.1 Å². The van der Waals surface area contributed by atoms with Crippen molar-refractivity contribution in [2.24, 2.45) is 0 Å². The van der Waals surface area contributed by atoms with Crippen molar-refractivity contribution in [3.05, 3.63) is 36.0 Å². The summed E-state index contributed by atoms with van der Waals surface area (Å²) in [5.74, 6) is 0.00398. The summed E-state index contributed by atoms with van der Waals surface area (Å²) >= 11 is 0. The Kier molecular flexibility index (Phi) is 3.53. The lowest BCUT2D eigenvalue weighted by Gasteiger charge is -2.27. The fourth-order valence-electron chi connectivity index (χ4n) is 3.28. The first-order valence-electron chi connectivity index (χ1n) is 7.59. The van der Waals surface area contributed by atoms with Gasteiger partial charge >= 0.3 is 0 Å². The Morgan fingerprint density at radius 1 is 1.38 bits per heavy atom. The van der Waals surface area contributed by atoms with Crippen molar-refractivity contribution in [3.8, 4) is 0 Å². The molecular weight excluding hydrogens is 262 g/mol. The monoisotopic (exact) mass is 283 g/mol. The summed E-state index contributed by atoms with van der Waals surface area (Å²) in [4.78, 5) is 19.3. The highest BCUT2D eigenvalue weighted by molar-refractivity contribution is 5.99. The van der Waals surface area contributed by atoms with Gasteiger partial charge in [0.25, 0.3) is 5.91 Å². The normalized spacial score (nSPS) is 21.9. The lowest BCUT2D eigenvalue weighted by Crippen LogP contribution is -2.40. The molecule has 4 nitrogen and oxygen atoms in total. The van der Waals surface area contributed by atoms with E-state index in [0.717, 1.165) is 30.2 Å². The van der Waals surface area contributed by atoms with Crippen molar-refractivity contribution in [2.45, 2.75) is 45.2 Å². The molecule has 0 saturated carbocycles.